The van der Waals surface area contributed by atoms with Gasteiger partial charge in [-0.2, -0.15) is 0 Å². The molecule has 2 aromatic carbocycles. The lowest BCUT2D eigenvalue weighted by molar-refractivity contribution is -0.180. The van der Waals surface area contributed by atoms with Gasteiger partial charge in [0, 0.05) is 18.4 Å². The van der Waals surface area contributed by atoms with Crippen LogP contribution in [0.25, 0.3) is 11.0 Å². The Morgan fingerprint density at radius 1 is 1.23 bits per heavy atom. The van der Waals surface area contributed by atoms with Crippen LogP contribution in [0.4, 0.5) is 4.39 Å². The van der Waals surface area contributed by atoms with E-state index in [1.54, 1.807) is 12.1 Å². The Labute approximate surface area is 184 Å². The standard InChI is InChI=1S/C26H34FN3O/c1-5-25(18(2)3)21-13-12-20(27)17-19(21)14-15-26(25,31)30(4)16-8-11-24-28-22-9-6-7-10-23(22)29-24/h6-7,9-10,12-13,17-18,31H,5,8,11,14-16H2,1-4H3,(H,28,29). The number of aliphatic hydroxyl groups is 1. The molecule has 1 aromatic heterocycles. The second-order valence-corrected chi connectivity index (χ2v) is 9.32. The normalized spacial score (nSPS) is 23.6. The van der Waals surface area contributed by atoms with E-state index in [4.69, 9.17) is 0 Å². The summed E-state index contributed by atoms with van der Waals surface area (Å²) < 4.78 is 13.9. The third kappa shape index (κ3) is 3.58. The average molecular weight is 424 g/mol. The summed E-state index contributed by atoms with van der Waals surface area (Å²) in [5.41, 5.74) is 2.77. The van der Waals surface area contributed by atoms with Gasteiger partial charge >= 0.3 is 0 Å². The monoisotopic (exact) mass is 423 g/mol. The zero-order valence-electron chi connectivity index (χ0n) is 19.1. The van der Waals surface area contributed by atoms with Crippen LogP contribution in [-0.2, 0) is 18.3 Å². The van der Waals surface area contributed by atoms with E-state index < -0.39 is 11.1 Å². The summed E-state index contributed by atoms with van der Waals surface area (Å²) in [7, 11) is 2.03. The fourth-order valence-electron chi connectivity index (χ4n) is 5.93. The first-order chi connectivity index (χ1) is 14.8. The third-order valence-electron chi connectivity index (χ3n) is 7.53. The number of imidazole rings is 1. The molecule has 1 heterocycles. The predicted molar refractivity (Wildman–Crippen MR) is 124 cm³/mol. The molecule has 2 N–H and O–H groups in total. The Hall–Kier alpha value is -2.24. The van der Waals surface area contributed by atoms with Gasteiger partial charge in [0.05, 0.1) is 11.0 Å². The number of aromatic nitrogens is 2. The Morgan fingerprint density at radius 2 is 2.00 bits per heavy atom. The molecule has 0 spiro atoms. The topological polar surface area (TPSA) is 52.1 Å². The Bertz CT molecular complexity index is 1030. The van der Waals surface area contributed by atoms with E-state index in [-0.39, 0.29) is 11.7 Å². The number of likely N-dealkylation sites (N-methyl/N-ethyl adjacent to an activating group) is 1. The van der Waals surface area contributed by atoms with Gasteiger partial charge in [0.15, 0.2) is 0 Å². The van der Waals surface area contributed by atoms with Crippen molar-refractivity contribution in [1.82, 2.24) is 14.9 Å². The van der Waals surface area contributed by atoms with Crippen LogP contribution in [0.3, 0.4) is 0 Å². The van der Waals surface area contributed by atoms with Crippen LogP contribution in [0.15, 0.2) is 42.5 Å². The predicted octanol–water partition coefficient (Wildman–Crippen LogP) is 5.21. The smallest absolute Gasteiger partial charge is 0.128 e. The summed E-state index contributed by atoms with van der Waals surface area (Å²) >= 11 is 0. The number of para-hydroxylation sites is 2. The molecule has 166 valence electrons. The van der Waals surface area contributed by atoms with E-state index in [0.717, 1.165) is 53.8 Å². The third-order valence-corrected chi connectivity index (χ3v) is 7.53. The molecule has 0 bridgehead atoms. The molecule has 3 aromatic rings. The van der Waals surface area contributed by atoms with Gasteiger partial charge < -0.3 is 10.1 Å². The molecule has 1 aliphatic carbocycles. The second kappa shape index (κ2) is 8.36. The average Bonchev–Trinajstić information content (AvgIpc) is 3.16. The first-order valence-corrected chi connectivity index (χ1v) is 11.5. The van der Waals surface area contributed by atoms with Crippen molar-refractivity contribution in [1.29, 1.82) is 0 Å². The highest BCUT2D eigenvalue weighted by Crippen LogP contribution is 2.52. The second-order valence-electron chi connectivity index (χ2n) is 9.32. The number of nitrogens with zero attached hydrogens (tertiary/aromatic N) is 2. The van der Waals surface area contributed by atoms with Crippen LogP contribution < -0.4 is 0 Å². The van der Waals surface area contributed by atoms with Gasteiger partial charge in [-0.25, -0.2) is 9.37 Å². The highest BCUT2D eigenvalue weighted by atomic mass is 19.1. The van der Waals surface area contributed by atoms with Gasteiger partial charge in [-0.1, -0.05) is 39.0 Å². The largest absolute Gasteiger partial charge is 0.375 e. The molecule has 4 nitrogen and oxygen atoms in total. The molecule has 2 atom stereocenters. The van der Waals surface area contributed by atoms with Crippen LogP contribution in [0.5, 0.6) is 0 Å². The van der Waals surface area contributed by atoms with Gasteiger partial charge in [-0.05, 0) is 74.0 Å². The lowest BCUT2D eigenvalue weighted by Crippen LogP contribution is -2.65. The minimum Gasteiger partial charge on any atom is -0.375 e. The van der Waals surface area contributed by atoms with Gasteiger partial charge in [0.25, 0.3) is 0 Å². The van der Waals surface area contributed by atoms with Crippen molar-refractivity contribution in [2.24, 2.45) is 5.92 Å². The summed E-state index contributed by atoms with van der Waals surface area (Å²) in [4.78, 5) is 10.2. The number of benzene rings is 2. The molecule has 0 amide bonds. The summed E-state index contributed by atoms with van der Waals surface area (Å²) in [6, 6.07) is 13.2. The van der Waals surface area contributed by atoms with E-state index in [1.807, 2.05) is 37.4 Å². The molecule has 2 unspecified atom stereocenters. The number of hydrogen-bond acceptors (Lipinski definition) is 3. The first-order valence-electron chi connectivity index (χ1n) is 11.5. The molecule has 4 rings (SSSR count). The molecule has 5 heteroatoms. The van der Waals surface area contributed by atoms with Gasteiger partial charge in [-0.15, -0.1) is 0 Å². The number of H-pyrrole nitrogens is 1. The first kappa shape index (κ1) is 22.0. The maximum Gasteiger partial charge on any atom is 0.128 e. The van der Waals surface area contributed by atoms with Crippen molar-refractivity contribution >= 4 is 11.0 Å². The lowest BCUT2D eigenvalue weighted by Gasteiger charge is -2.57. The van der Waals surface area contributed by atoms with Crippen LogP contribution in [0.2, 0.25) is 0 Å². The zero-order chi connectivity index (χ0) is 22.2. The fourth-order valence-corrected chi connectivity index (χ4v) is 5.93. The number of rotatable bonds is 7. The quantitative estimate of drug-likeness (QED) is 0.513. The van der Waals surface area contributed by atoms with Crippen molar-refractivity contribution < 1.29 is 9.50 Å². The molecule has 0 radical (unpaired) electrons. The summed E-state index contributed by atoms with van der Waals surface area (Å²) in [5, 5.41) is 12.2. The number of aryl methyl sites for hydroxylation is 2. The van der Waals surface area contributed by atoms with Crippen molar-refractivity contribution in [2.45, 2.75) is 64.0 Å². The molecule has 0 saturated carbocycles. The van der Waals surface area contributed by atoms with E-state index >= 15 is 0 Å². The SMILES string of the molecule is CCC1(C(C)C)c2ccc(F)cc2CCC1(O)N(C)CCCc1nc2ccccc2[nH]1. The molecule has 0 saturated heterocycles. The van der Waals surface area contributed by atoms with Crippen LogP contribution in [-0.4, -0.2) is 39.3 Å². The van der Waals surface area contributed by atoms with Crippen molar-refractivity contribution in [3.05, 3.63) is 65.2 Å². The molecular formula is C26H34FN3O. The molecular weight excluding hydrogens is 389 g/mol. The maximum absolute atomic E-state index is 13.9. The van der Waals surface area contributed by atoms with E-state index in [1.165, 1.54) is 0 Å². The molecule has 0 aliphatic heterocycles. The Kier molecular flexibility index (Phi) is 5.93. The number of halogens is 1. The van der Waals surface area contributed by atoms with Crippen molar-refractivity contribution in [2.75, 3.05) is 13.6 Å². The number of fused-ring (bicyclic) bond motifs is 2. The number of aromatic amines is 1. The number of nitrogens with one attached hydrogen (secondary N) is 1. The van der Waals surface area contributed by atoms with Crippen LogP contribution in [0, 0.1) is 11.7 Å². The number of hydrogen-bond donors (Lipinski definition) is 2. The van der Waals surface area contributed by atoms with Crippen molar-refractivity contribution in [3.63, 3.8) is 0 Å². The van der Waals surface area contributed by atoms with Crippen LogP contribution in [0.1, 0.15) is 57.0 Å². The molecule has 31 heavy (non-hydrogen) atoms. The Morgan fingerprint density at radius 3 is 2.71 bits per heavy atom. The van der Waals surface area contributed by atoms with Gasteiger partial charge in [-0.3, -0.25) is 4.90 Å². The van der Waals surface area contributed by atoms with E-state index in [0.29, 0.717) is 12.8 Å². The summed E-state index contributed by atoms with van der Waals surface area (Å²) in [6.45, 7) is 7.26. The van der Waals surface area contributed by atoms with Crippen LogP contribution >= 0.6 is 0 Å². The van der Waals surface area contributed by atoms with Crippen molar-refractivity contribution in [3.8, 4) is 0 Å². The summed E-state index contributed by atoms with van der Waals surface area (Å²) in [6.07, 6.45) is 3.82. The minimum absolute atomic E-state index is 0.197. The molecule has 1 aliphatic rings. The zero-order valence-corrected chi connectivity index (χ0v) is 19.1. The summed E-state index contributed by atoms with van der Waals surface area (Å²) in [5.74, 6) is 0.999. The lowest BCUT2D eigenvalue weighted by atomic mass is 9.57. The fraction of sp³-hybridized carbons (Fsp3) is 0.500. The van der Waals surface area contributed by atoms with Gasteiger partial charge in [0.1, 0.15) is 17.4 Å². The maximum atomic E-state index is 13.9. The Balaban J connectivity index is 1.56. The van der Waals surface area contributed by atoms with E-state index in [2.05, 4.69) is 35.6 Å². The molecule has 0 fully saturated rings. The highest BCUT2D eigenvalue weighted by molar-refractivity contribution is 5.74. The van der Waals surface area contributed by atoms with E-state index in [9.17, 15) is 9.50 Å². The van der Waals surface area contributed by atoms with Gasteiger partial charge in [0.2, 0.25) is 0 Å². The minimum atomic E-state index is -0.978. The highest BCUT2D eigenvalue weighted by Gasteiger charge is 2.56.